The van der Waals surface area contributed by atoms with E-state index >= 15 is 0 Å². The highest BCUT2D eigenvalue weighted by Crippen LogP contribution is 2.36. The first-order valence-electron chi connectivity index (χ1n) is 23.9. The molecule has 6 rings (SSSR count). The highest BCUT2D eigenvalue weighted by Gasteiger charge is 2.58. The first-order chi connectivity index (χ1) is 35.4. The van der Waals surface area contributed by atoms with Gasteiger partial charge in [0.25, 0.3) is 0 Å². The molecule has 6 fully saturated rings. The number of aliphatic hydroxyl groups excluding tert-OH is 16. The lowest BCUT2D eigenvalue weighted by atomic mass is 9.93. The Balaban J connectivity index is 1.30. The lowest BCUT2D eigenvalue weighted by Crippen LogP contribution is -2.71. The van der Waals surface area contributed by atoms with E-state index < -0.39 is 235 Å². The van der Waals surface area contributed by atoms with E-state index in [1.165, 1.54) is 6.92 Å². The summed E-state index contributed by atoms with van der Waals surface area (Å²) in [6, 6.07) is -5.13. The fourth-order valence-electron chi connectivity index (χ4n) is 9.56. The largest absolute Gasteiger partial charge is 0.394 e. The molecule has 0 aromatic heterocycles. The molecule has 19 N–H and O–H groups in total. The summed E-state index contributed by atoms with van der Waals surface area (Å²) in [5.74, 6) is -2.47. The third-order valence-electron chi connectivity index (χ3n) is 13.6. The van der Waals surface area contributed by atoms with E-state index in [4.69, 9.17) is 52.1 Å². The number of nitrogens with one attached hydrogen (secondary N) is 3. The van der Waals surface area contributed by atoms with Crippen molar-refractivity contribution >= 4 is 17.7 Å². The van der Waals surface area contributed by atoms with Gasteiger partial charge in [0.1, 0.15) is 140 Å². The zero-order valence-electron chi connectivity index (χ0n) is 40.7. The van der Waals surface area contributed by atoms with Crippen molar-refractivity contribution in [1.82, 2.24) is 16.0 Å². The number of carbonyl (C=O) groups is 3. The molecule has 0 saturated carbocycles. The summed E-state index contributed by atoms with van der Waals surface area (Å²) < 4.78 is 64.5. The first kappa shape index (κ1) is 61.5. The van der Waals surface area contributed by atoms with Crippen molar-refractivity contribution in [3.63, 3.8) is 0 Å². The average molecular weight is 1100 g/mol. The van der Waals surface area contributed by atoms with Crippen LogP contribution >= 0.6 is 0 Å². The Kier molecular flexibility index (Phi) is 21.8. The van der Waals surface area contributed by atoms with Crippen LogP contribution in [0.1, 0.15) is 27.7 Å². The number of rotatable bonds is 18. The van der Waals surface area contributed by atoms with Crippen LogP contribution in [0.4, 0.5) is 0 Å². The molecule has 75 heavy (non-hydrogen) atoms. The average Bonchev–Trinajstić information content (AvgIpc) is 3.36. The molecule has 6 aliphatic rings. The Hall–Kier alpha value is -2.67. The molecular weight excluding hydrogens is 1030 g/mol. The summed E-state index contributed by atoms with van der Waals surface area (Å²) >= 11 is 0. The minimum atomic E-state index is -2.11. The van der Waals surface area contributed by atoms with E-state index in [1.807, 2.05) is 0 Å². The fraction of sp³-hybridized carbons (Fsp3) is 0.929. The molecule has 0 unspecified atom stereocenters. The van der Waals surface area contributed by atoms with Crippen LogP contribution in [0.3, 0.4) is 0 Å². The molecule has 33 heteroatoms. The van der Waals surface area contributed by atoms with Gasteiger partial charge < -0.3 is 150 Å². The lowest BCUT2D eigenvalue weighted by Gasteiger charge is -2.51. The van der Waals surface area contributed by atoms with Gasteiger partial charge in [-0.05, 0) is 6.92 Å². The molecule has 3 amide bonds. The van der Waals surface area contributed by atoms with Crippen molar-refractivity contribution < 1.29 is 148 Å². The van der Waals surface area contributed by atoms with Gasteiger partial charge in [0.15, 0.2) is 37.7 Å². The van der Waals surface area contributed by atoms with Crippen LogP contribution < -0.4 is 16.0 Å². The zero-order valence-corrected chi connectivity index (χ0v) is 40.7. The standard InChI is InChI=1S/C42H71N3O30/c1-10-22(53)27(58)30(61)40(66-10)75-36-21(45-13(4)52)38(71-17(8-49)33(36)72-41-31(62)28(59)23(54)14(5-46)69-41)65-9-18-26(57)34(19(37(64)67-18)43-11(2)50)73-39-20(44-12(3)51)35(25(56)16(7-48)68-39)74-42-32(63)29(60)24(55)15(6-47)70-42/h10,14-42,46-49,53-64H,5-9H2,1-4H3,(H,43,50)(H,44,51)(H,45,52)/t10-,14+,15+,16+,17+,18+,19+,20+,21+,22+,23-,24-,25+,26-,27+,28-,29-,30-,31+,32+,33+,34+,35+,36+,37-,38+,39-,40-,41-,42-/m0/s1. The molecule has 30 atom stereocenters. The molecule has 0 bridgehead atoms. The van der Waals surface area contributed by atoms with Crippen LogP contribution in [0.2, 0.25) is 0 Å². The number of carbonyl (C=O) groups excluding carboxylic acids is 3. The highest BCUT2D eigenvalue weighted by atomic mass is 16.8. The molecule has 33 nitrogen and oxygen atoms in total. The second kappa shape index (κ2) is 26.5. The zero-order chi connectivity index (χ0) is 55.5. The van der Waals surface area contributed by atoms with E-state index in [-0.39, 0.29) is 0 Å². The van der Waals surface area contributed by atoms with Gasteiger partial charge in [-0.25, -0.2) is 0 Å². The second-order valence-corrected chi connectivity index (χ2v) is 19.0. The molecule has 0 aromatic carbocycles. The number of ether oxygens (including phenoxy) is 11. The quantitative estimate of drug-likeness (QED) is 0.0606. The van der Waals surface area contributed by atoms with E-state index in [9.17, 15) is 96.1 Å². The summed E-state index contributed by atoms with van der Waals surface area (Å²) in [6.07, 6.45) is -49.5. The van der Waals surface area contributed by atoms with Crippen LogP contribution in [-0.2, 0) is 66.5 Å². The van der Waals surface area contributed by atoms with Crippen molar-refractivity contribution in [3.05, 3.63) is 0 Å². The first-order valence-corrected chi connectivity index (χ1v) is 23.9. The van der Waals surface area contributed by atoms with Gasteiger partial charge in [0.2, 0.25) is 17.7 Å². The molecule has 0 spiro atoms. The Morgan fingerprint density at radius 3 is 1.23 bits per heavy atom. The van der Waals surface area contributed by atoms with Crippen molar-refractivity contribution in [2.75, 3.05) is 33.0 Å². The predicted octanol–water partition coefficient (Wildman–Crippen LogP) is -12.6. The maximum atomic E-state index is 12.9. The molecule has 434 valence electrons. The summed E-state index contributed by atoms with van der Waals surface area (Å²) in [4.78, 5) is 38.2. The topological polar surface area (TPSA) is 513 Å². The fourth-order valence-corrected chi connectivity index (χ4v) is 9.56. The lowest BCUT2D eigenvalue weighted by molar-refractivity contribution is -0.376. The molecule has 0 radical (unpaired) electrons. The third kappa shape index (κ3) is 13.7. The van der Waals surface area contributed by atoms with E-state index in [1.54, 1.807) is 0 Å². The molecule has 0 aliphatic carbocycles. The van der Waals surface area contributed by atoms with Gasteiger partial charge in [0.05, 0.1) is 39.1 Å². The van der Waals surface area contributed by atoms with Gasteiger partial charge >= 0.3 is 0 Å². The van der Waals surface area contributed by atoms with Crippen LogP contribution in [0.5, 0.6) is 0 Å². The highest BCUT2D eigenvalue weighted by molar-refractivity contribution is 5.74. The maximum absolute atomic E-state index is 12.9. The number of hydrogen-bond acceptors (Lipinski definition) is 30. The molecule has 6 saturated heterocycles. The van der Waals surface area contributed by atoms with Crippen LogP contribution in [0, 0.1) is 0 Å². The van der Waals surface area contributed by atoms with Crippen LogP contribution in [-0.4, -0.2) is 317 Å². The Morgan fingerprint density at radius 1 is 0.373 bits per heavy atom. The van der Waals surface area contributed by atoms with Crippen molar-refractivity contribution in [2.45, 2.75) is 212 Å². The number of amides is 3. The van der Waals surface area contributed by atoms with Gasteiger partial charge in [-0.15, -0.1) is 0 Å². The van der Waals surface area contributed by atoms with Crippen LogP contribution in [0.25, 0.3) is 0 Å². The minimum absolute atomic E-state index is 0.813. The Bertz CT molecular complexity index is 1850. The van der Waals surface area contributed by atoms with Crippen molar-refractivity contribution in [1.29, 1.82) is 0 Å². The monoisotopic (exact) mass is 1100 g/mol. The maximum Gasteiger partial charge on any atom is 0.217 e. The summed E-state index contributed by atoms with van der Waals surface area (Å²) in [5, 5.41) is 178. The van der Waals surface area contributed by atoms with Crippen LogP contribution in [0.15, 0.2) is 0 Å². The van der Waals surface area contributed by atoms with E-state index in [0.717, 1.165) is 20.8 Å². The smallest absolute Gasteiger partial charge is 0.217 e. The number of hydrogen-bond donors (Lipinski definition) is 19. The Labute approximate surface area is 426 Å². The molecule has 0 aromatic rings. The van der Waals surface area contributed by atoms with Gasteiger partial charge in [-0.2, -0.15) is 0 Å². The van der Waals surface area contributed by atoms with E-state index in [0.29, 0.717) is 0 Å². The van der Waals surface area contributed by atoms with Crippen molar-refractivity contribution in [3.8, 4) is 0 Å². The predicted molar refractivity (Wildman–Crippen MR) is 233 cm³/mol. The summed E-state index contributed by atoms with van der Waals surface area (Å²) in [6.45, 7) is -0.260. The molecule has 6 aliphatic heterocycles. The second-order valence-electron chi connectivity index (χ2n) is 19.0. The van der Waals surface area contributed by atoms with Crippen molar-refractivity contribution in [2.24, 2.45) is 0 Å². The SMILES string of the molecule is CC(=O)N[C@@H]1[C@@H](O[C@@H]2O[C@H](CO)[C@@H](O)[C@H](O[C@@H]3O[C@H](CO)[C@H](O)[C@H](O)[C@H]3O)[C@H]2NC(C)=O)[C@@H](O)[C@@H](CO[C@@H]2O[C@H](CO)[C@@H](O[C@@H]3O[C@H](CO)[C@H](O)[C@H](O)[C@H]3O)[C@H](O[C@@H]3O[C@@H](C)[C@@H](O)[C@@H](O)[C@@H]3O)[C@H]2NC(C)=O)O[C@@H]1O. The Morgan fingerprint density at radius 2 is 0.733 bits per heavy atom. The van der Waals surface area contributed by atoms with Gasteiger partial charge in [0, 0.05) is 20.8 Å². The number of aliphatic hydroxyl groups is 16. The minimum Gasteiger partial charge on any atom is -0.394 e. The van der Waals surface area contributed by atoms with E-state index in [2.05, 4.69) is 16.0 Å². The summed E-state index contributed by atoms with van der Waals surface area (Å²) in [7, 11) is 0. The summed E-state index contributed by atoms with van der Waals surface area (Å²) in [5.41, 5.74) is 0. The normalized spacial score (nSPS) is 48.6. The third-order valence-corrected chi connectivity index (χ3v) is 13.6. The van der Waals surface area contributed by atoms with Gasteiger partial charge in [-0.1, -0.05) is 0 Å². The molecular formula is C42H71N3O30. The molecule has 6 heterocycles. The van der Waals surface area contributed by atoms with Gasteiger partial charge in [-0.3, -0.25) is 14.4 Å².